The Morgan fingerprint density at radius 1 is 1.00 bits per heavy atom. The summed E-state index contributed by atoms with van der Waals surface area (Å²) >= 11 is 1.70. The molecule has 98 valence electrons. The number of ketones is 1. The Morgan fingerprint density at radius 2 is 1.68 bits per heavy atom. The summed E-state index contributed by atoms with van der Waals surface area (Å²) in [6, 6.07) is 18.3. The van der Waals surface area contributed by atoms with Gasteiger partial charge in [0.1, 0.15) is 5.78 Å². The van der Waals surface area contributed by atoms with Gasteiger partial charge < -0.3 is 0 Å². The van der Waals surface area contributed by atoms with Gasteiger partial charge in [-0.2, -0.15) is 0 Å². The lowest BCUT2D eigenvalue weighted by Gasteiger charge is -2.05. The molecule has 0 aliphatic heterocycles. The number of carbonyl (C=O) groups is 1. The van der Waals surface area contributed by atoms with Crippen LogP contribution >= 0.6 is 11.8 Å². The summed E-state index contributed by atoms with van der Waals surface area (Å²) in [6.45, 7) is 2.11. The van der Waals surface area contributed by atoms with E-state index in [-0.39, 0.29) is 0 Å². The Hall–Kier alpha value is -1.54. The van der Waals surface area contributed by atoms with Crippen molar-refractivity contribution >= 4 is 17.5 Å². The lowest BCUT2D eigenvalue weighted by Crippen LogP contribution is -2.05. The van der Waals surface area contributed by atoms with E-state index in [2.05, 4.69) is 25.1 Å². The first-order valence-electron chi connectivity index (χ1n) is 6.43. The van der Waals surface area contributed by atoms with Gasteiger partial charge in [-0.05, 0) is 23.6 Å². The minimum Gasteiger partial charge on any atom is -0.298 e. The maximum absolute atomic E-state index is 11.9. The van der Waals surface area contributed by atoms with Crippen molar-refractivity contribution in [2.75, 3.05) is 5.75 Å². The Balaban J connectivity index is 1.77. The van der Waals surface area contributed by atoms with Gasteiger partial charge in [0, 0.05) is 12.2 Å². The van der Waals surface area contributed by atoms with Gasteiger partial charge in [0.05, 0.1) is 5.75 Å². The molecule has 0 amide bonds. The minimum absolute atomic E-state index is 0.296. The van der Waals surface area contributed by atoms with Crippen LogP contribution in [0.3, 0.4) is 0 Å². The number of rotatable bonds is 6. The van der Waals surface area contributed by atoms with Gasteiger partial charge in [-0.3, -0.25) is 4.79 Å². The number of hydrogen-bond donors (Lipinski definition) is 0. The summed E-state index contributed by atoms with van der Waals surface area (Å²) in [4.78, 5) is 11.9. The number of hydrogen-bond acceptors (Lipinski definition) is 2. The Kier molecular flexibility index (Phi) is 5.22. The third-order valence-corrected chi connectivity index (χ3v) is 4.07. The average Bonchev–Trinajstić information content (AvgIpc) is 2.42. The number of Topliss-reactive ketones (excluding diaryl/α,β-unsaturated/α-hetero) is 1. The molecule has 0 unspecified atom stereocenters. The van der Waals surface area contributed by atoms with Crippen LogP contribution in [0.5, 0.6) is 0 Å². The molecule has 0 heterocycles. The molecule has 0 atom stereocenters. The summed E-state index contributed by atoms with van der Waals surface area (Å²) in [5, 5.41) is 0. The topological polar surface area (TPSA) is 17.1 Å². The van der Waals surface area contributed by atoms with Gasteiger partial charge in [0.15, 0.2) is 0 Å². The summed E-state index contributed by atoms with van der Waals surface area (Å²) in [7, 11) is 0. The van der Waals surface area contributed by atoms with Gasteiger partial charge in [0.25, 0.3) is 0 Å². The van der Waals surface area contributed by atoms with Crippen molar-refractivity contribution < 1.29 is 4.79 Å². The molecule has 0 aromatic heterocycles. The summed E-state index contributed by atoms with van der Waals surface area (Å²) in [5.41, 5.74) is 3.72. The average molecular weight is 270 g/mol. The zero-order valence-electron chi connectivity index (χ0n) is 11.1. The molecule has 0 spiro atoms. The second-order valence-electron chi connectivity index (χ2n) is 4.62. The quantitative estimate of drug-likeness (QED) is 0.788. The van der Waals surface area contributed by atoms with E-state index in [0.717, 1.165) is 11.3 Å². The highest BCUT2D eigenvalue weighted by molar-refractivity contribution is 7.99. The first kappa shape index (κ1) is 13.9. The molecular weight excluding hydrogens is 252 g/mol. The predicted molar refractivity (Wildman–Crippen MR) is 82.5 cm³/mol. The van der Waals surface area contributed by atoms with Crippen LogP contribution in [-0.4, -0.2) is 11.5 Å². The number of aryl methyl sites for hydroxylation is 1. The van der Waals surface area contributed by atoms with Crippen LogP contribution in [0.1, 0.15) is 16.7 Å². The molecule has 2 rings (SSSR count). The molecule has 0 saturated carbocycles. The molecule has 2 heteroatoms. The van der Waals surface area contributed by atoms with Crippen molar-refractivity contribution in [1.29, 1.82) is 0 Å². The summed E-state index contributed by atoms with van der Waals surface area (Å²) < 4.78 is 0. The van der Waals surface area contributed by atoms with Gasteiger partial charge in [-0.15, -0.1) is 11.8 Å². The van der Waals surface area contributed by atoms with Crippen molar-refractivity contribution in [3.8, 4) is 0 Å². The van der Waals surface area contributed by atoms with Gasteiger partial charge >= 0.3 is 0 Å². The molecular formula is C17H18OS. The molecule has 19 heavy (non-hydrogen) atoms. The van der Waals surface area contributed by atoms with Crippen molar-refractivity contribution in [2.45, 2.75) is 19.1 Å². The largest absolute Gasteiger partial charge is 0.298 e. The maximum Gasteiger partial charge on any atom is 0.147 e. The molecule has 0 radical (unpaired) electrons. The molecule has 0 bridgehead atoms. The monoisotopic (exact) mass is 270 g/mol. The fourth-order valence-electron chi connectivity index (χ4n) is 1.92. The second kappa shape index (κ2) is 7.15. The maximum atomic E-state index is 11.9. The predicted octanol–water partition coefficient (Wildman–Crippen LogP) is 4.04. The molecule has 0 aliphatic carbocycles. The van der Waals surface area contributed by atoms with E-state index in [9.17, 15) is 4.79 Å². The van der Waals surface area contributed by atoms with Crippen LogP contribution in [-0.2, 0) is 17.0 Å². The first-order chi connectivity index (χ1) is 9.25. The molecule has 2 aromatic carbocycles. The zero-order chi connectivity index (χ0) is 13.5. The molecule has 0 aliphatic rings. The minimum atomic E-state index is 0.296. The first-order valence-corrected chi connectivity index (χ1v) is 7.59. The van der Waals surface area contributed by atoms with E-state index in [1.54, 1.807) is 11.8 Å². The van der Waals surface area contributed by atoms with Crippen LogP contribution in [0.2, 0.25) is 0 Å². The fourth-order valence-corrected chi connectivity index (χ4v) is 2.90. The highest BCUT2D eigenvalue weighted by Gasteiger charge is 2.04. The molecule has 0 fully saturated rings. The van der Waals surface area contributed by atoms with E-state index in [1.807, 2.05) is 36.4 Å². The van der Waals surface area contributed by atoms with Crippen LogP contribution in [0.25, 0.3) is 0 Å². The van der Waals surface area contributed by atoms with Crippen LogP contribution in [0.4, 0.5) is 0 Å². The van der Waals surface area contributed by atoms with Crippen molar-refractivity contribution in [3.05, 3.63) is 71.3 Å². The Labute approximate surface area is 119 Å². The molecule has 2 aromatic rings. The van der Waals surface area contributed by atoms with Crippen LogP contribution in [0.15, 0.2) is 54.6 Å². The van der Waals surface area contributed by atoms with Crippen molar-refractivity contribution in [3.63, 3.8) is 0 Å². The smallest absolute Gasteiger partial charge is 0.147 e. The van der Waals surface area contributed by atoms with Crippen molar-refractivity contribution in [2.24, 2.45) is 0 Å². The number of thioether (sulfide) groups is 1. The van der Waals surface area contributed by atoms with Crippen LogP contribution < -0.4 is 0 Å². The van der Waals surface area contributed by atoms with Crippen LogP contribution in [0, 0.1) is 6.92 Å². The van der Waals surface area contributed by atoms with E-state index in [0.29, 0.717) is 18.0 Å². The summed E-state index contributed by atoms with van der Waals surface area (Å²) in [6.07, 6.45) is 0.543. The highest BCUT2D eigenvalue weighted by Crippen LogP contribution is 2.16. The lowest BCUT2D eigenvalue weighted by molar-refractivity contribution is -0.116. The zero-order valence-corrected chi connectivity index (χ0v) is 12.0. The number of benzene rings is 2. The van der Waals surface area contributed by atoms with Gasteiger partial charge in [-0.1, -0.05) is 54.6 Å². The normalized spacial score (nSPS) is 10.4. The number of carbonyl (C=O) groups excluding carboxylic acids is 1. The van der Waals surface area contributed by atoms with E-state index in [1.165, 1.54) is 11.1 Å². The van der Waals surface area contributed by atoms with E-state index < -0.39 is 0 Å². The third kappa shape index (κ3) is 4.56. The third-order valence-electron chi connectivity index (χ3n) is 3.03. The van der Waals surface area contributed by atoms with Crippen molar-refractivity contribution in [1.82, 2.24) is 0 Å². The molecule has 0 saturated heterocycles. The van der Waals surface area contributed by atoms with Gasteiger partial charge in [0.2, 0.25) is 0 Å². The Bertz CT molecular complexity index is 534. The molecule has 0 N–H and O–H groups in total. The summed E-state index contributed by atoms with van der Waals surface area (Å²) in [5.74, 6) is 1.79. The second-order valence-corrected chi connectivity index (χ2v) is 5.61. The Morgan fingerprint density at radius 3 is 2.42 bits per heavy atom. The fraction of sp³-hybridized carbons (Fsp3) is 0.235. The lowest BCUT2D eigenvalue weighted by atomic mass is 10.1. The SMILES string of the molecule is Cc1ccccc1CSCC(=O)Cc1ccccc1. The highest BCUT2D eigenvalue weighted by atomic mass is 32.2. The van der Waals surface area contributed by atoms with E-state index in [4.69, 9.17) is 0 Å². The standard InChI is InChI=1S/C17H18OS/c1-14-7-5-6-10-16(14)12-19-13-17(18)11-15-8-3-2-4-9-15/h2-10H,11-13H2,1H3. The van der Waals surface area contributed by atoms with Gasteiger partial charge in [-0.25, -0.2) is 0 Å². The molecule has 1 nitrogen and oxygen atoms in total. The van der Waals surface area contributed by atoms with E-state index >= 15 is 0 Å².